The van der Waals surface area contributed by atoms with Gasteiger partial charge in [-0.1, -0.05) is 13.0 Å². The number of nitro groups is 1. The number of aliphatic hydroxyl groups is 1. The SMILES string of the molecule is C=CCN(CCC)c1sc(C(C)O)cc1[N+](=O)[O-]. The Balaban J connectivity index is 3.17. The predicted molar refractivity (Wildman–Crippen MR) is 74.3 cm³/mol. The first-order valence-electron chi connectivity index (χ1n) is 5.83. The number of aliphatic hydroxyl groups excluding tert-OH is 1. The molecule has 6 heteroatoms. The van der Waals surface area contributed by atoms with E-state index in [1.807, 2.05) is 11.8 Å². The summed E-state index contributed by atoms with van der Waals surface area (Å²) in [6, 6.07) is 1.45. The van der Waals surface area contributed by atoms with Crippen molar-refractivity contribution in [3.8, 4) is 0 Å². The molecule has 1 heterocycles. The van der Waals surface area contributed by atoms with Crippen LogP contribution in [0.25, 0.3) is 0 Å². The third-order valence-corrected chi connectivity index (χ3v) is 3.81. The molecule has 1 N–H and O–H groups in total. The van der Waals surface area contributed by atoms with Crippen LogP contribution in [0.4, 0.5) is 10.7 Å². The molecule has 0 aliphatic rings. The van der Waals surface area contributed by atoms with Crippen LogP contribution in [0, 0.1) is 10.1 Å². The Bertz CT molecular complexity index is 429. The maximum Gasteiger partial charge on any atom is 0.304 e. The Hall–Kier alpha value is -1.40. The van der Waals surface area contributed by atoms with Crippen LogP contribution in [-0.2, 0) is 0 Å². The summed E-state index contributed by atoms with van der Waals surface area (Å²) >= 11 is 1.27. The first-order valence-corrected chi connectivity index (χ1v) is 6.64. The zero-order valence-corrected chi connectivity index (χ0v) is 11.4. The van der Waals surface area contributed by atoms with Crippen molar-refractivity contribution in [1.82, 2.24) is 0 Å². The maximum atomic E-state index is 11.0. The van der Waals surface area contributed by atoms with Crippen LogP contribution in [0.1, 0.15) is 31.2 Å². The first kappa shape index (κ1) is 14.7. The average Bonchev–Trinajstić information content (AvgIpc) is 2.73. The van der Waals surface area contributed by atoms with E-state index in [2.05, 4.69) is 6.58 Å². The summed E-state index contributed by atoms with van der Waals surface area (Å²) < 4.78 is 0. The van der Waals surface area contributed by atoms with Crippen molar-refractivity contribution in [1.29, 1.82) is 0 Å². The van der Waals surface area contributed by atoms with Crippen LogP contribution in [0.2, 0.25) is 0 Å². The molecule has 0 saturated heterocycles. The highest BCUT2D eigenvalue weighted by Gasteiger charge is 2.24. The monoisotopic (exact) mass is 270 g/mol. The van der Waals surface area contributed by atoms with Crippen molar-refractivity contribution < 1.29 is 10.0 Å². The molecule has 1 atom stereocenters. The Labute approximate surface area is 111 Å². The van der Waals surface area contributed by atoms with Crippen LogP contribution < -0.4 is 4.90 Å². The predicted octanol–water partition coefficient (Wildman–Crippen LogP) is 3.11. The number of hydrogen-bond donors (Lipinski definition) is 1. The van der Waals surface area contributed by atoms with Gasteiger partial charge in [-0.3, -0.25) is 10.1 Å². The first-order chi connectivity index (χ1) is 8.51. The number of thiophene rings is 1. The molecule has 0 aliphatic carbocycles. The quantitative estimate of drug-likeness (QED) is 0.469. The van der Waals surface area contributed by atoms with Gasteiger partial charge in [0.15, 0.2) is 5.00 Å². The third kappa shape index (κ3) is 3.30. The zero-order chi connectivity index (χ0) is 13.7. The highest BCUT2D eigenvalue weighted by atomic mass is 32.1. The van der Waals surface area contributed by atoms with Crippen molar-refractivity contribution in [2.45, 2.75) is 26.4 Å². The molecule has 1 aromatic rings. The molecule has 0 spiro atoms. The standard InChI is InChI=1S/C12H18N2O3S/c1-4-6-13(7-5-2)12-10(14(16)17)8-11(18-12)9(3)15/h4,8-9,15H,1,5-7H2,2-3H3. The van der Waals surface area contributed by atoms with Crippen LogP contribution in [0.5, 0.6) is 0 Å². The van der Waals surface area contributed by atoms with Crippen LogP contribution in [-0.4, -0.2) is 23.1 Å². The highest BCUT2D eigenvalue weighted by molar-refractivity contribution is 7.16. The van der Waals surface area contributed by atoms with Gasteiger partial charge in [-0.15, -0.1) is 17.9 Å². The van der Waals surface area contributed by atoms with E-state index in [1.165, 1.54) is 17.4 Å². The van der Waals surface area contributed by atoms with Crippen LogP contribution >= 0.6 is 11.3 Å². The minimum atomic E-state index is -0.686. The van der Waals surface area contributed by atoms with E-state index >= 15 is 0 Å². The molecule has 0 aromatic carbocycles. The number of anilines is 1. The largest absolute Gasteiger partial charge is 0.388 e. The van der Waals surface area contributed by atoms with Crippen molar-refractivity contribution >= 4 is 22.0 Å². The van der Waals surface area contributed by atoms with Crippen LogP contribution in [0.3, 0.4) is 0 Å². The summed E-state index contributed by atoms with van der Waals surface area (Å²) in [7, 11) is 0. The summed E-state index contributed by atoms with van der Waals surface area (Å²) in [4.78, 5) is 13.2. The molecule has 0 radical (unpaired) electrons. The van der Waals surface area contributed by atoms with Crippen molar-refractivity contribution in [2.75, 3.05) is 18.0 Å². The summed E-state index contributed by atoms with van der Waals surface area (Å²) in [5.74, 6) is 0. The van der Waals surface area contributed by atoms with Crippen LogP contribution in [0.15, 0.2) is 18.7 Å². The van der Waals surface area contributed by atoms with Gasteiger partial charge in [0.1, 0.15) is 0 Å². The van der Waals surface area contributed by atoms with Gasteiger partial charge in [0.2, 0.25) is 0 Å². The lowest BCUT2D eigenvalue weighted by atomic mass is 10.3. The number of rotatable bonds is 7. The third-order valence-electron chi connectivity index (χ3n) is 2.45. The van der Waals surface area contributed by atoms with Gasteiger partial charge < -0.3 is 10.0 Å². The normalized spacial score (nSPS) is 12.2. The van der Waals surface area contributed by atoms with Gasteiger partial charge in [-0.2, -0.15) is 0 Å². The topological polar surface area (TPSA) is 66.6 Å². The highest BCUT2D eigenvalue weighted by Crippen LogP contribution is 2.40. The average molecular weight is 270 g/mol. The van der Waals surface area contributed by atoms with Gasteiger partial charge in [0.25, 0.3) is 0 Å². The molecule has 1 aromatic heterocycles. The molecule has 1 rings (SSSR count). The Morgan fingerprint density at radius 2 is 2.39 bits per heavy atom. The molecule has 0 amide bonds. The van der Waals surface area contributed by atoms with Gasteiger partial charge in [-0.05, 0) is 13.3 Å². The minimum absolute atomic E-state index is 0.0613. The summed E-state index contributed by atoms with van der Waals surface area (Å²) in [5.41, 5.74) is 0.0613. The summed E-state index contributed by atoms with van der Waals surface area (Å²) in [6.45, 7) is 8.59. The zero-order valence-electron chi connectivity index (χ0n) is 10.6. The van der Waals surface area contributed by atoms with Gasteiger partial charge in [0, 0.05) is 24.0 Å². The second-order valence-corrected chi connectivity index (χ2v) is 5.07. The van der Waals surface area contributed by atoms with Crippen molar-refractivity contribution in [3.05, 3.63) is 33.7 Å². The molecule has 0 aliphatic heterocycles. The smallest absolute Gasteiger partial charge is 0.304 e. The molecule has 100 valence electrons. The van der Waals surface area contributed by atoms with Crippen molar-refractivity contribution in [3.63, 3.8) is 0 Å². The summed E-state index contributed by atoms with van der Waals surface area (Å²) in [5, 5.41) is 21.2. The van der Waals surface area contributed by atoms with E-state index in [0.717, 1.165) is 13.0 Å². The van der Waals surface area contributed by atoms with Gasteiger partial charge >= 0.3 is 5.69 Å². The van der Waals surface area contributed by atoms with Gasteiger partial charge in [0.05, 0.1) is 11.0 Å². The Kier molecular flexibility index (Phi) is 5.30. The minimum Gasteiger partial charge on any atom is -0.388 e. The number of nitrogens with zero attached hydrogens (tertiary/aromatic N) is 2. The van der Waals surface area contributed by atoms with Gasteiger partial charge in [-0.25, -0.2) is 0 Å². The molecule has 18 heavy (non-hydrogen) atoms. The van der Waals surface area contributed by atoms with E-state index in [9.17, 15) is 15.2 Å². The molecule has 0 bridgehead atoms. The fraction of sp³-hybridized carbons (Fsp3) is 0.500. The number of hydrogen-bond acceptors (Lipinski definition) is 5. The van der Waals surface area contributed by atoms with E-state index in [-0.39, 0.29) is 5.69 Å². The van der Waals surface area contributed by atoms with Crippen molar-refractivity contribution in [2.24, 2.45) is 0 Å². The molecular formula is C12H18N2O3S. The Morgan fingerprint density at radius 3 is 2.83 bits per heavy atom. The van der Waals surface area contributed by atoms with E-state index in [0.29, 0.717) is 16.4 Å². The lowest BCUT2D eigenvalue weighted by Crippen LogP contribution is -2.23. The lowest BCUT2D eigenvalue weighted by Gasteiger charge is -2.19. The Morgan fingerprint density at radius 1 is 1.72 bits per heavy atom. The van der Waals surface area contributed by atoms with E-state index in [1.54, 1.807) is 13.0 Å². The van der Waals surface area contributed by atoms with E-state index < -0.39 is 11.0 Å². The second-order valence-electron chi connectivity index (χ2n) is 4.01. The fourth-order valence-corrected chi connectivity index (χ4v) is 2.75. The molecular weight excluding hydrogens is 252 g/mol. The molecule has 5 nitrogen and oxygen atoms in total. The summed E-state index contributed by atoms with van der Waals surface area (Å²) in [6.07, 6.45) is 1.93. The molecule has 0 saturated carbocycles. The molecule has 0 fully saturated rings. The fourth-order valence-electron chi connectivity index (χ4n) is 1.65. The lowest BCUT2D eigenvalue weighted by molar-refractivity contribution is -0.383. The van der Waals surface area contributed by atoms with E-state index in [4.69, 9.17) is 0 Å². The second kappa shape index (κ2) is 6.51. The maximum absolute atomic E-state index is 11.0. The molecule has 1 unspecified atom stereocenters.